The number of ether oxygens (including phenoxy) is 1. The Kier molecular flexibility index (Phi) is 3.54. The fourth-order valence-corrected chi connectivity index (χ4v) is 1.01. The Hall–Kier alpha value is 0.267. The molecule has 0 aromatic heterocycles. The van der Waals surface area contributed by atoms with Gasteiger partial charge in [0.2, 0.25) is 0 Å². The molecule has 0 fully saturated rings. The molecule has 0 N–H and O–H groups in total. The number of hydrogen-bond donors (Lipinski definition) is 0. The van der Waals surface area contributed by atoms with Gasteiger partial charge in [-0.15, -0.1) is 22.2 Å². The minimum Gasteiger partial charge on any atom is -0.467 e. The van der Waals surface area contributed by atoms with Gasteiger partial charge in [0.05, 0.1) is 0 Å². The van der Waals surface area contributed by atoms with E-state index < -0.39 is 6.69 Å². The van der Waals surface area contributed by atoms with Crippen LogP contribution in [0.2, 0.25) is 6.55 Å². The van der Waals surface area contributed by atoms with Gasteiger partial charge in [0, 0.05) is 6.92 Å². The summed E-state index contributed by atoms with van der Waals surface area (Å²) in [7, 11) is 0. The number of hydrogen-bond acceptors (Lipinski definition) is 2. The molecular weight excluding hydrogens is 179 g/mol. The molecule has 0 saturated carbocycles. The second-order valence-electron chi connectivity index (χ2n) is 1.85. The van der Waals surface area contributed by atoms with Crippen LogP contribution < -0.4 is 0 Å². The van der Waals surface area contributed by atoms with Crippen molar-refractivity contribution in [2.75, 3.05) is 6.23 Å². The number of rotatable bonds is 2. The second kappa shape index (κ2) is 3.44. The van der Waals surface area contributed by atoms with Crippen LogP contribution in [-0.2, 0) is 9.53 Å². The van der Waals surface area contributed by atoms with Crippen LogP contribution in [0, 0.1) is 0 Å². The highest BCUT2D eigenvalue weighted by atomic mass is 35.7. The minimum absolute atomic E-state index is 0.172. The summed E-state index contributed by atoms with van der Waals surface area (Å²) in [6.45, 7) is 0.802. The van der Waals surface area contributed by atoms with Gasteiger partial charge in [-0.25, -0.2) is 0 Å². The summed E-state index contributed by atoms with van der Waals surface area (Å²) in [5.74, 6) is -0.338. The van der Waals surface area contributed by atoms with Crippen molar-refractivity contribution in [3.63, 3.8) is 0 Å². The van der Waals surface area contributed by atoms with Crippen LogP contribution in [-0.4, -0.2) is 18.9 Å². The molecule has 0 radical (unpaired) electrons. The molecule has 5 heteroatoms. The smallest absolute Gasteiger partial charge is 0.302 e. The van der Waals surface area contributed by atoms with Gasteiger partial charge in [-0.3, -0.25) is 4.79 Å². The number of esters is 1. The molecule has 9 heavy (non-hydrogen) atoms. The van der Waals surface area contributed by atoms with E-state index in [1.54, 1.807) is 6.55 Å². The van der Waals surface area contributed by atoms with Crippen LogP contribution in [0.4, 0.5) is 0 Å². The van der Waals surface area contributed by atoms with Crippen molar-refractivity contribution >= 4 is 34.8 Å². The molecule has 0 amide bonds. The van der Waals surface area contributed by atoms with E-state index in [9.17, 15) is 4.79 Å². The van der Waals surface area contributed by atoms with Gasteiger partial charge in [-0.2, -0.15) is 0 Å². The highest BCUT2D eigenvalue weighted by molar-refractivity contribution is 7.44. The van der Waals surface area contributed by atoms with Crippen molar-refractivity contribution in [3.8, 4) is 0 Å². The van der Waals surface area contributed by atoms with Crippen molar-refractivity contribution in [1.82, 2.24) is 0 Å². The quantitative estimate of drug-likeness (QED) is 0.373. The monoisotopic (exact) mass is 186 g/mol. The molecule has 0 spiro atoms. The van der Waals surface area contributed by atoms with Gasteiger partial charge < -0.3 is 4.74 Å². The third kappa shape index (κ3) is 8.27. The predicted octanol–water partition coefficient (Wildman–Crippen LogP) is 1.64. The predicted molar refractivity (Wildman–Crippen MR) is 40.0 cm³/mol. The molecule has 0 aromatic rings. The van der Waals surface area contributed by atoms with Crippen LogP contribution in [0.15, 0.2) is 0 Å². The summed E-state index contributed by atoms with van der Waals surface area (Å²) in [5.41, 5.74) is 0. The fourth-order valence-electron chi connectivity index (χ4n) is 0.228. The van der Waals surface area contributed by atoms with Gasteiger partial charge in [0.1, 0.15) is 6.23 Å². The van der Waals surface area contributed by atoms with E-state index in [2.05, 4.69) is 4.74 Å². The SMILES string of the molecule is CC(=O)OC[Si](C)(Cl)Cl. The Morgan fingerprint density at radius 1 is 1.67 bits per heavy atom. The summed E-state index contributed by atoms with van der Waals surface area (Å²) < 4.78 is 4.57. The zero-order valence-electron chi connectivity index (χ0n) is 5.28. The van der Waals surface area contributed by atoms with Crippen molar-refractivity contribution < 1.29 is 9.53 Å². The molecule has 0 heterocycles. The molecule has 0 saturated heterocycles. The first-order valence-electron chi connectivity index (χ1n) is 2.43. The van der Waals surface area contributed by atoms with Crippen molar-refractivity contribution in [3.05, 3.63) is 0 Å². The minimum atomic E-state index is -2.22. The maximum absolute atomic E-state index is 10.2. The van der Waals surface area contributed by atoms with Gasteiger partial charge in [-0.05, 0) is 6.55 Å². The largest absolute Gasteiger partial charge is 0.467 e. The molecule has 0 aromatic carbocycles. The van der Waals surface area contributed by atoms with Crippen molar-refractivity contribution in [2.24, 2.45) is 0 Å². The maximum atomic E-state index is 10.2. The molecule has 0 bridgehead atoms. The summed E-state index contributed by atoms with van der Waals surface area (Å²) in [4.78, 5) is 10.2. The lowest BCUT2D eigenvalue weighted by molar-refractivity contribution is -0.139. The second-order valence-corrected chi connectivity index (χ2v) is 9.87. The van der Waals surface area contributed by atoms with E-state index in [1.165, 1.54) is 6.92 Å². The Labute approximate surface area is 64.5 Å². The van der Waals surface area contributed by atoms with Gasteiger partial charge in [0.25, 0.3) is 6.69 Å². The van der Waals surface area contributed by atoms with E-state index in [0.29, 0.717) is 0 Å². The zero-order chi connectivity index (χ0) is 7.49. The maximum Gasteiger partial charge on any atom is 0.302 e. The highest BCUT2D eigenvalue weighted by Crippen LogP contribution is 2.13. The molecule has 0 unspecified atom stereocenters. The van der Waals surface area contributed by atoms with Crippen LogP contribution in [0.25, 0.3) is 0 Å². The summed E-state index contributed by atoms with van der Waals surface area (Å²) in [5, 5.41) is 0. The van der Waals surface area contributed by atoms with Gasteiger partial charge in [0.15, 0.2) is 0 Å². The summed E-state index contributed by atoms with van der Waals surface area (Å²) >= 11 is 11.2. The van der Waals surface area contributed by atoms with Crippen LogP contribution in [0.3, 0.4) is 0 Å². The lowest BCUT2D eigenvalue weighted by Gasteiger charge is -2.08. The topological polar surface area (TPSA) is 26.3 Å². The molecule has 0 aliphatic carbocycles. The molecule has 0 rings (SSSR count). The number of carbonyl (C=O) groups is 1. The van der Waals surface area contributed by atoms with E-state index in [0.717, 1.165) is 0 Å². The van der Waals surface area contributed by atoms with Gasteiger partial charge >= 0.3 is 5.97 Å². The van der Waals surface area contributed by atoms with Crippen LogP contribution in [0.1, 0.15) is 6.92 Å². The summed E-state index contributed by atoms with van der Waals surface area (Å²) in [6, 6.07) is 0. The highest BCUT2D eigenvalue weighted by Gasteiger charge is 2.22. The van der Waals surface area contributed by atoms with Crippen molar-refractivity contribution in [2.45, 2.75) is 13.5 Å². The Bertz CT molecular complexity index is 110. The molecule has 0 aliphatic rings. The Balaban J connectivity index is 3.39. The first kappa shape index (κ1) is 9.27. The summed E-state index contributed by atoms with van der Waals surface area (Å²) in [6.07, 6.45) is 0.172. The molecule has 0 aliphatic heterocycles. The Morgan fingerprint density at radius 2 is 2.11 bits per heavy atom. The van der Waals surface area contributed by atoms with E-state index in [1.807, 2.05) is 0 Å². The average Bonchev–Trinajstić information content (AvgIpc) is 1.59. The van der Waals surface area contributed by atoms with Crippen molar-refractivity contribution in [1.29, 1.82) is 0 Å². The molecule has 0 atom stereocenters. The van der Waals surface area contributed by atoms with E-state index >= 15 is 0 Å². The third-order valence-corrected chi connectivity index (χ3v) is 1.83. The first-order chi connectivity index (χ1) is 3.92. The average molecular weight is 187 g/mol. The molecular formula is C4H8Cl2O2Si. The van der Waals surface area contributed by atoms with Crippen LogP contribution in [0.5, 0.6) is 0 Å². The zero-order valence-corrected chi connectivity index (χ0v) is 7.79. The lowest BCUT2D eigenvalue weighted by Crippen LogP contribution is -2.23. The molecule has 2 nitrogen and oxygen atoms in total. The Morgan fingerprint density at radius 3 is 2.22 bits per heavy atom. The lowest BCUT2D eigenvalue weighted by atomic mass is 10.8. The fraction of sp³-hybridized carbons (Fsp3) is 0.750. The number of halogens is 2. The standard InChI is InChI=1S/C4H8Cl2O2Si/c1-4(7)8-3-9(2,5)6/h3H2,1-2H3. The number of carbonyl (C=O) groups excluding carboxylic acids is 1. The van der Waals surface area contributed by atoms with E-state index in [4.69, 9.17) is 22.2 Å². The van der Waals surface area contributed by atoms with E-state index in [-0.39, 0.29) is 12.2 Å². The first-order valence-corrected chi connectivity index (χ1v) is 7.16. The third-order valence-electron chi connectivity index (χ3n) is 0.529. The normalized spacial score (nSPS) is 11.1. The molecule has 54 valence electrons. The van der Waals surface area contributed by atoms with Crippen LogP contribution >= 0.6 is 22.2 Å². The van der Waals surface area contributed by atoms with Gasteiger partial charge in [-0.1, -0.05) is 0 Å².